The molecule has 0 amide bonds. The average Bonchev–Trinajstić information content (AvgIpc) is 2.14. The smallest absolute Gasteiger partial charge is 0.356 e. The van der Waals surface area contributed by atoms with Crippen LogP contribution in [-0.2, 0) is 0 Å². The van der Waals surface area contributed by atoms with E-state index >= 15 is 0 Å². The highest BCUT2D eigenvalue weighted by atomic mass is 16.4. The minimum Gasteiger partial charge on any atom is -0.476 e. The van der Waals surface area contributed by atoms with E-state index in [4.69, 9.17) is 10.9 Å². The zero-order chi connectivity index (χ0) is 6.85. The molecule has 0 saturated heterocycles. The highest BCUT2D eigenvalue weighted by Gasteiger charge is 2.03. The van der Waals surface area contributed by atoms with Gasteiger partial charge in [0.15, 0.2) is 5.69 Å². The lowest BCUT2D eigenvalue weighted by atomic mass is 10.5. The van der Waals surface area contributed by atoms with Gasteiger partial charge in [-0.2, -0.15) is 0 Å². The zero-order valence-electron chi connectivity index (χ0n) is 4.48. The monoisotopic (exact) mass is 127 g/mol. The number of carboxylic acids is 1. The molecule has 0 aliphatic carbocycles. The van der Waals surface area contributed by atoms with E-state index in [2.05, 4.69) is 4.98 Å². The van der Waals surface area contributed by atoms with E-state index in [1.165, 1.54) is 12.5 Å². The molecular weight excluding hydrogens is 122 g/mol. The molecule has 0 fully saturated rings. The maximum absolute atomic E-state index is 10.1. The van der Waals surface area contributed by atoms with E-state index in [0.717, 1.165) is 4.68 Å². The van der Waals surface area contributed by atoms with Gasteiger partial charge >= 0.3 is 5.97 Å². The number of carboxylic acid groups (broad SMARTS) is 1. The van der Waals surface area contributed by atoms with Crippen molar-refractivity contribution in [2.45, 2.75) is 0 Å². The number of nitrogen functional groups attached to an aromatic ring is 1. The van der Waals surface area contributed by atoms with E-state index in [0.29, 0.717) is 0 Å². The Morgan fingerprint density at radius 1 is 1.89 bits per heavy atom. The van der Waals surface area contributed by atoms with Gasteiger partial charge in [0.25, 0.3) is 0 Å². The normalized spacial score (nSPS) is 9.33. The molecule has 1 heterocycles. The van der Waals surface area contributed by atoms with Crippen LogP contribution in [0.15, 0.2) is 12.5 Å². The van der Waals surface area contributed by atoms with E-state index in [1.807, 2.05) is 0 Å². The summed E-state index contributed by atoms with van der Waals surface area (Å²) in [5, 5.41) is 8.27. The molecule has 5 nitrogen and oxygen atoms in total. The second-order valence-electron chi connectivity index (χ2n) is 1.51. The molecule has 1 aromatic heterocycles. The van der Waals surface area contributed by atoms with Crippen LogP contribution in [0.1, 0.15) is 10.5 Å². The predicted molar refractivity (Wildman–Crippen MR) is 29.3 cm³/mol. The molecule has 0 bridgehead atoms. The molecule has 0 radical (unpaired) electrons. The number of hydrogen-bond acceptors (Lipinski definition) is 3. The molecular formula is C4H5N3O2. The molecule has 0 unspecified atom stereocenters. The lowest BCUT2D eigenvalue weighted by Crippen LogP contribution is -2.03. The van der Waals surface area contributed by atoms with Crippen molar-refractivity contribution in [1.82, 2.24) is 9.66 Å². The number of carbonyl (C=O) groups is 1. The number of hydrogen-bond donors (Lipinski definition) is 2. The first kappa shape index (κ1) is 5.61. The highest BCUT2D eigenvalue weighted by molar-refractivity contribution is 5.84. The van der Waals surface area contributed by atoms with Crippen LogP contribution in [-0.4, -0.2) is 20.7 Å². The summed E-state index contributed by atoms with van der Waals surface area (Å²) in [6.45, 7) is 0. The molecule has 5 heteroatoms. The second kappa shape index (κ2) is 1.77. The van der Waals surface area contributed by atoms with E-state index in [-0.39, 0.29) is 5.69 Å². The number of imidazole rings is 1. The van der Waals surface area contributed by atoms with Crippen LogP contribution in [0.3, 0.4) is 0 Å². The first-order chi connectivity index (χ1) is 4.20. The summed E-state index contributed by atoms with van der Waals surface area (Å²) in [5.41, 5.74) is -0.0440. The Morgan fingerprint density at radius 2 is 2.56 bits per heavy atom. The summed E-state index contributed by atoms with van der Waals surface area (Å²) in [4.78, 5) is 13.5. The third kappa shape index (κ3) is 0.987. The first-order valence-corrected chi connectivity index (χ1v) is 2.22. The summed E-state index contributed by atoms with van der Waals surface area (Å²) < 4.78 is 1.09. The van der Waals surface area contributed by atoms with Gasteiger partial charge < -0.3 is 10.9 Å². The minimum absolute atomic E-state index is 0.0440. The topological polar surface area (TPSA) is 81.1 Å². The van der Waals surface area contributed by atoms with Gasteiger partial charge in [0.05, 0.1) is 6.20 Å². The maximum atomic E-state index is 10.1. The van der Waals surface area contributed by atoms with Crippen molar-refractivity contribution in [2.75, 3.05) is 5.84 Å². The Kier molecular flexibility index (Phi) is 1.11. The van der Waals surface area contributed by atoms with Gasteiger partial charge in [-0.25, -0.2) is 9.78 Å². The van der Waals surface area contributed by atoms with Gasteiger partial charge in [0.2, 0.25) is 0 Å². The summed E-state index contributed by atoms with van der Waals surface area (Å²) in [5.74, 6) is 4.04. The fourth-order valence-electron chi connectivity index (χ4n) is 0.447. The molecule has 1 aromatic rings. The number of nitrogens with two attached hydrogens (primary N) is 1. The fourth-order valence-corrected chi connectivity index (χ4v) is 0.447. The standard InChI is InChI=1S/C4H5N3O2/c5-7-1-3(4(8)9)6-2-7/h1-2H,5H2,(H,8,9). The SMILES string of the molecule is Nn1cnc(C(=O)O)c1. The van der Waals surface area contributed by atoms with Crippen LogP contribution in [0.25, 0.3) is 0 Å². The van der Waals surface area contributed by atoms with Crippen molar-refractivity contribution in [1.29, 1.82) is 0 Å². The second-order valence-corrected chi connectivity index (χ2v) is 1.51. The molecule has 0 aromatic carbocycles. The molecule has 0 saturated carbocycles. The quantitative estimate of drug-likeness (QED) is 0.488. The van der Waals surface area contributed by atoms with E-state index < -0.39 is 5.97 Å². The summed E-state index contributed by atoms with van der Waals surface area (Å²) in [6.07, 6.45) is 2.45. The van der Waals surface area contributed by atoms with Gasteiger partial charge in [-0.3, -0.25) is 4.68 Å². The summed E-state index contributed by atoms with van der Waals surface area (Å²) >= 11 is 0. The Morgan fingerprint density at radius 3 is 2.78 bits per heavy atom. The number of aromatic nitrogens is 2. The number of rotatable bonds is 1. The van der Waals surface area contributed by atoms with Gasteiger partial charge in [-0.1, -0.05) is 0 Å². The number of aromatic carboxylic acids is 1. The summed E-state index contributed by atoms with van der Waals surface area (Å²) in [7, 11) is 0. The van der Waals surface area contributed by atoms with Crippen LogP contribution in [0.2, 0.25) is 0 Å². The van der Waals surface area contributed by atoms with E-state index in [9.17, 15) is 4.79 Å². The molecule has 0 spiro atoms. The fraction of sp³-hybridized carbons (Fsp3) is 0. The predicted octanol–water partition coefficient (Wildman–Crippen LogP) is -0.705. The molecule has 0 atom stereocenters. The zero-order valence-corrected chi connectivity index (χ0v) is 4.48. The minimum atomic E-state index is -1.07. The van der Waals surface area contributed by atoms with Crippen LogP contribution in [0.4, 0.5) is 0 Å². The Balaban J connectivity index is 2.98. The van der Waals surface area contributed by atoms with Crippen molar-refractivity contribution in [3.8, 4) is 0 Å². The molecule has 0 aliphatic heterocycles. The maximum Gasteiger partial charge on any atom is 0.356 e. The van der Waals surface area contributed by atoms with Gasteiger partial charge in [-0.05, 0) is 0 Å². The third-order valence-electron chi connectivity index (χ3n) is 0.821. The lowest BCUT2D eigenvalue weighted by Gasteiger charge is -1.82. The summed E-state index contributed by atoms with van der Waals surface area (Å²) in [6, 6.07) is 0. The Bertz CT molecular complexity index is 229. The number of nitrogens with zero attached hydrogens (tertiary/aromatic N) is 2. The molecule has 0 aliphatic rings. The molecule has 9 heavy (non-hydrogen) atoms. The average molecular weight is 127 g/mol. The van der Waals surface area contributed by atoms with Crippen LogP contribution in [0.5, 0.6) is 0 Å². The van der Waals surface area contributed by atoms with Gasteiger partial charge in [-0.15, -0.1) is 0 Å². The van der Waals surface area contributed by atoms with Crippen LogP contribution in [0, 0.1) is 0 Å². The van der Waals surface area contributed by atoms with Crippen molar-refractivity contribution in [3.05, 3.63) is 18.2 Å². The largest absolute Gasteiger partial charge is 0.476 e. The Hall–Kier alpha value is -1.52. The lowest BCUT2D eigenvalue weighted by molar-refractivity contribution is 0.0691. The van der Waals surface area contributed by atoms with E-state index in [1.54, 1.807) is 0 Å². The first-order valence-electron chi connectivity index (χ1n) is 2.22. The van der Waals surface area contributed by atoms with Gasteiger partial charge in [0, 0.05) is 0 Å². The van der Waals surface area contributed by atoms with Crippen molar-refractivity contribution in [2.24, 2.45) is 0 Å². The third-order valence-corrected chi connectivity index (χ3v) is 0.821. The van der Waals surface area contributed by atoms with Crippen LogP contribution < -0.4 is 5.84 Å². The van der Waals surface area contributed by atoms with Crippen molar-refractivity contribution in [3.63, 3.8) is 0 Å². The highest BCUT2D eigenvalue weighted by Crippen LogP contribution is 1.89. The van der Waals surface area contributed by atoms with Crippen molar-refractivity contribution >= 4 is 5.97 Å². The van der Waals surface area contributed by atoms with Crippen LogP contribution >= 0.6 is 0 Å². The Labute approximate surface area is 50.7 Å². The molecule has 48 valence electrons. The molecule has 3 N–H and O–H groups in total. The van der Waals surface area contributed by atoms with Crippen molar-refractivity contribution < 1.29 is 9.90 Å². The van der Waals surface area contributed by atoms with Gasteiger partial charge in [0.1, 0.15) is 6.33 Å². The molecule has 1 rings (SSSR count).